The lowest BCUT2D eigenvalue weighted by atomic mass is 9.99. The van der Waals surface area contributed by atoms with Crippen LogP contribution in [0.3, 0.4) is 0 Å². The standard InChI is InChI=1S/C23H39N3O4/c1-11-30-21(28)19-15(4)18(16(5)25(19)10)20(27)17(6)26(13-12-14(2)3)22(29)24-23(7,8)9/h14,17H,11-13H2,1-10H3,(H,24,29). The number of nitrogens with one attached hydrogen (secondary N) is 1. The minimum Gasteiger partial charge on any atom is -0.461 e. The number of Topliss-reactive ketones (excluding diaryl/α,β-unsaturated/α-hetero) is 1. The molecule has 170 valence electrons. The van der Waals surface area contributed by atoms with Crippen LogP contribution in [-0.4, -0.2) is 52.0 Å². The zero-order valence-electron chi connectivity index (χ0n) is 20.3. The van der Waals surface area contributed by atoms with E-state index >= 15 is 0 Å². The number of carbonyl (C=O) groups is 3. The SMILES string of the molecule is CCOC(=O)c1c(C)c(C(=O)C(C)N(CCC(C)C)C(=O)NC(C)(C)C)c(C)n1C. The number of urea groups is 1. The van der Waals surface area contributed by atoms with Gasteiger partial charge in [-0.3, -0.25) is 4.79 Å². The molecule has 1 heterocycles. The highest BCUT2D eigenvalue weighted by Crippen LogP contribution is 2.25. The third kappa shape index (κ3) is 6.09. The summed E-state index contributed by atoms with van der Waals surface area (Å²) >= 11 is 0. The van der Waals surface area contributed by atoms with Crippen LogP contribution in [0, 0.1) is 19.8 Å². The molecule has 1 aromatic heterocycles. The Labute approximate surface area is 181 Å². The van der Waals surface area contributed by atoms with E-state index in [2.05, 4.69) is 19.2 Å². The summed E-state index contributed by atoms with van der Waals surface area (Å²) in [6.45, 7) is 17.7. The van der Waals surface area contributed by atoms with Gasteiger partial charge in [0, 0.05) is 30.4 Å². The summed E-state index contributed by atoms with van der Waals surface area (Å²) in [5.74, 6) is -0.230. The molecule has 0 fully saturated rings. The van der Waals surface area contributed by atoms with E-state index in [-0.39, 0.29) is 18.4 Å². The Kier molecular flexibility index (Phi) is 8.69. The second-order valence-corrected chi connectivity index (χ2v) is 9.31. The molecule has 0 saturated carbocycles. The predicted molar refractivity (Wildman–Crippen MR) is 119 cm³/mol. The van der Waals surface area contributed by atoms with Crippen LogP contribution in [-0.2, 0) is 11.8 Å². The molecule has 1 rings (SSSR count). The van der Waals surface area contributed by atoms with E-state index in [0.717, 1.165) is 6.42 Å². The van der Waals surface area contributed by atoms with Crippen molar-refractivity contribution in [3.05, 3.63) is 22.5 Å². The van der Waals surface area contributed by atoms with Gasteiger partial charge in [-0.05, 0) is 66.4 Å². The molecule has 7 heteroatoms. The highest BCUT2D eigenvalue weighted by Gasteiger charge is 2.33. The van der Waals surface area contributed by atoms with Crippen LogP contribution in [0.1, 0.15) is 87.0 Å². The maximum absolute atomic E-state index is 13.5. The van der Waals surface area contributed by atoms with Crippen LogP contribution in [0.25, 0.3) is 0 Å². The Balaban J connectivity index is 3.32. The van der Waals surface area contributed by atoms with E-state index in [1.54, 1.807) is 37.3 Å². The van der Waals surface area contributed by atoms with E-state index in [1.807, 2.05) is 27.7 Å². The number of aromatic nitrogens is 1. The van der Waals surface area contributed by atoms with E-state index in [1.165, 1.54) is 0 Å². The summed E-state index contributed by atoms with van der Waals surface area (Å²) in [6.07, 6.45) is 0.788. The molecule has 1 aromatic rings. The van der Waals surface area contributed by atoms with Crippen molar-refractivity contribution in [2.75, 3.05) is 13.2 Å². The largest absolute Gasteiger partial charge is 0.461 e. The summed E-state index contributed by atoms with van der Waals surface area (Å²) in [5, 5.41) is 2.97. The lowest BCUT2D eigenvalue weighted by Gasteiger charge is -2.32. The van der Waals surface area contributed by atoms with Gasteiger partial charge < -0.3 is 19.5 Å². The van der Waals surface area contributed by atoms with Crippen molar-refractivity contribution < 1.29 is 19.1 Å². The molecule has 1 atom stereocenters. The molecule has 1 unspecified atom stereocenters. The first-order valence-corrected chi connectivity index (χ1v) is 10.7. The summed E-state index contributed by atoms with van der Waals surface area (Å²) < 4.78 is 6.85. The number of carbonyl (C=O) groups excluding carboxylic acids is 3. The van der Waals surface area contributed by atoms with Crippen LogP contribution in [0.15, 0.2) is 0 Å². The van der Waals surface area contributed by atoms with E-state index in [9.17, 15) is 14.4 Å². The van der Waals surface area contributed by atoms with Gasteiger partial charge in [-0.15, -0.1) is 0 Å². The van der Waals surface area contributed by atoms with Crippen molar-refractivity contribution in [2.24, 2.45) is 13.0 Å². The first kappa shape index (κ1) is 25.7. The fourth-order valence-corrected chi connectivity index (χ4v) is 3.44. The molecular weight excluding hydrogens is 382 g/mol. The molecule has 30 heavy (non-hydrogen) atoms. The smallest absolute Gasteiger partial charge is 0.355 e. The zero-order chi connectivity index (χ0) is 23.4. The van der Waals surface area contributed by atoms with E-state index in [0.29, 0.717) is 35.0 Å². The number of hydrogen-bond acceptors (Lipinski definition) is 4. The number of ether oxygens (including phenoxy) is 1. The molecule has 1 N–H and O–H groups in total. The molecule has 0 saturated heterocycles. The van der Waals surface area contributed by atoms with Crippen LogP contribution < -0.4 is 5.32 Å². The topological polar surface area (TPSA) is 80.6 Å². The molecule has 0 bridgehead atoms. The van der Waals surface area contributed by atoms with Crippen LogP contribution in [0.5, 0.6) is 0 Å². The van der Waals surface area contributed by atoms with E-state index in [4.69, 9.17) is 4.74 Å². The third-order valence-electron chi connectivity index (χ3n) is 5.18. The van der Waals surface area contributed by atoms with Gasteiger partial charge >= 0.3 is 12.0 Å². The zero-order valence-corrected chi connectivity index (χ0v) is 20.3. The fraction of sp³-hybridized carbons (Fsp3) is 0.696. The lowest BCUT2D eigenvalue weighted by Crippen LogP contribution is -2.53. The van der Waals surface area contributed by atoms with Crippen molar-refractivity contribution in [1.29, 1.82) is 0 Å². The molecule has 0 spiro atoms. The van der Waals surface area contributed by atoms with Crippen molar-refractivity contribution in [2.45, 2.75) is 80.3 Å². The first-order valence-electron chi connectivity index (χ1n) is 10.7. The van der Waals surface area contributed by atoms with Crippen molar-refractivity contribution in [3.63, 3.8) is 0 Å². The normalized spacial score (nSPS) is 12.6. The Morgan fingerprint density at radius 2 is 1.70 bits per heavy atom. The number of amides is 2. The minimum atomic E-state index is -0.666. The van der Waals surface area contributed by atoms with Crippen LogP contribution >= 0.6 is 0 Å². The summed E-state index contributed by atoms with van der Waals surface area (Å²) in [6, 6.07) is -0.929. The number of rotatable bonds is 8. The van der Waals surface area contributed by atoms with Gasteiger partial charge in [0.25, 0.3) is 0 Å². The maximum Gasteiger partial charge on any atom is 0.355 e. The Morgan fingerprint density at radius 1 is 1.13 bits per heavy atom. The van der Waals surface area contributed by atoms with Gasteiger partial charge in [0.15, 0.2) is 5.78 Å². The second-order valence-electron chi connectivity index (χ2n) is 9.31. The lowest BCUT2D eigenvalue weighted by molar-refractivity contribution is 0.0514. The molecule has 0 aliphatic heterocycles. The molecule has 2 amide bonds. The van der Waals surface area contributed by atoms with E-state index < -0.39 is 17.6 Å². The summed E-state index contributed by atoms with van der Waals surface area (Å²) in [7, 11) is 1.75. The summed E-state index contributed by atoms with van der Waals surface area (Å²) in [5.41, 5.74) is 1.72. The van der Waals surface area contributed by atoms with Gasteiger partial charge in [-0.25, -0.2) is 9.59 Å². The maximum atomic E-state index is 13.5. The quantitative estimate of drug-likeness (QED) is 0.503. The van der Waals surface area contributed by atoms with Gasteiger partial charge in [-0.1, -0.05) is 13.8 Å². The molecule has 0 radical (unpaired) electrons. The molecular formula is C23H39N3O4. The average Bonchev–Trinajstić information content (AvgIpc) is 2.81. The van der Waals surface area contributed by atoms with Crippen LogP contribution in [0.2, 0.25) is 0 Å². The molecule has 0 aliphatic carbocycles. The first-order chi connectivity index (χ1) is 13.7. The van der Waals surface area contributed by atoms with Crippen molar-refractivity contribution in [1.82, 2.24) is 14.8 Å². The van der Waals surface area contributed by atoms with Gasteiger partial charge in [0.1, 0.15) is 5.69 Å². The number of ketones is 1. The number of esters is 1. The van der Waals surface area contributed by atoms with Crippen molar-refractivity contribution >= 4 is 17.8 Å². The molecule has 7 nitrogen and oxygen atoms in total. The second kappa shape index (κ2) is 10.1. The monoisotopic (exact) mass is 421 g/mol. The van der Waals surface area contributed by atoms with Crippen LogP contribution in [0.4, 0.5) is 4.79 Å². The fourth-order valence-electron chi connectivity index (χ4n) is 3.44. The van der Waals surface area contributed by atoms with Crippen molar-refractivity contribution in [3.8, 4) is 0 Å². The minimum absolute atomic E-state index is 0.177. The van der Waals surface area contributed by atoms with Gasteiger partial charge in [0.2, 0.25) is 0 Å². The Morgan fingerprint density at radius 3 is 2.17 bits per heavy atom. The number of nitrogens with zero attached hydrogens (tertiary/aromatic N) is 2. The van der Waals surface area contributed by atoms with Gasteiger partial charge in [0.05, 0.1) is 12.6 Å². The average molecular weight is 422 g/mol. The molecule has 0 aliphatic rings. The summed E-state index contributed by atoms with van der Waals surface area (Å²) in [4.78, 5) is 40.5. The Hall–Kier alpha value is -2.31. The number of hydrogen-bond donors (Lipinski definition) is 1. The van der Waals surface area contributed by atoms with Gasteiger partial charge in [-0.2, -0.15) is 0 Å². The molecule has 0 aromatic carbocycles. The highest BCUT2D eigenvalue weighted by atomic mass is 16.5. The predicted octanol–water partition coefficient (Wildman–Crippen LogP) is 4.25. The highest BCUT2D eigenvalue weighted by molar-refractivity contribution is 6.06. The third-order valence-corrected chi connectivity index (χ3v) is 5.18. The Bertz CT molecular complexity index is 787.